The maximum atomic E-state index is 11.2. The zero-order valence-electron chi connectivity index (χ0n) is 23.6. The molecule has 0 aromatic rings. The number of rotatable bonds is 9. The fraction of sp³-hybridized carbons (Fsp3) is 1.00. The topological polar surface area (TPSA) is 228 Å². The van der Waals surface area contributed by atoms with Crippen molar-refractivity contribution in [2.75, 3.05) is 19.8 Å². The Balaban J connectivity index is 1.80. The molecule has 236 valence electrons. The van der Waals surface area contributed by atoms with Gasteiger partial charge in [0.1, 0.15) is 48.8 Å². The van der Waals surface area contributed by atoms with E-state index >= 15 is 0 Å². The molecule has 0 aromatic carbocycles. The van der Waals surface area contributed by atoms with Crippen LogP contribution in [0, 0.1) is 17.3 Å². The lowest BCUT2D eigenvalue weighted by Crippen LogP contribution is -2.65. The van der Waals surface area contributed by atoms with E-state index in [-0.39, 0.29) is 6.42 Å². The molecule has 5 unspecified atom stereocenters. The zero-order chi connectivity index (χ0) is 30.1. The molecular weight excluding hydrogens is 536 g/mol. The lowest BCUT2D eigenvalue weighted by molar-refractivity contribution is -0.363. The standard InChI is InChI=1S/C26H48O14/c1-10-12(30)6-16(38-21(10)17(32)13(31)7-27)39-23-19(34)15(9-29)37-25(20(23)35)40-22-11(2)24(26(3,4)5)36-14(8-28)18(22)33/h10-25,27-35H,6-9H2,1-5H3/t10-,11?,12-,13-,14?,15?,16-,17-,18+,19+,20?,21?,22-,23+,24-,25+/m1/s1. The predicted molar refractivity (Wildman–Crippen MR) is 135 cm³/mol. The maximum Gasteiger partial charge on any atom is 0.187 e. The van der Waals surface area contributed by atoms with Crippen molar-refractivity contribution in [3.05, 3.63) is 0 Å². The molecule has 0 aliphatic carbocycles. The van der Waals surface area contributed by atoms with Gasteiger partial charge in [0.15, 0.2) is 12.6 Å². The first kappa shape index (κ1) is 33.9. The van der Waals surface area contributed by atoms with Gasteiger partial charge in [0, 0.05) is 18.3 Å². The Morgan fingerprint density at radius 3 is 1.90 bits per heavy atom. The van der Waals surface area contributed by atoms with Crippen LogP contribution in [-0.2, 0) is 23.7 Å². The lowest BCUT2D eigenvalue weighted by atomic mass is 9.75. The van der Waals surface area contributed by atoms with Crippen LogP contribution in [0.15, 0.2) is 0 Å². The zero-order valence-corrected chi connectivity index (χ0v) is 23.6. The predicted octanol–water partition coefficient (Wildman–Crippen LogP) is -3.18. The minimum Gasteiger partial charge on any atom is -0.394 e. The van der Waals surface area contributed by atoms with E-state index in [2.05, 4.69) is 0 Å². The summed E-state index contributed by atoms with van der Waals surface area (Å²) in [6, 6.07) is 0. The van der Waals surface area contributed by atoms with E-state index in [1.54, 1.807) is 13.8 Å². The normalized spacial score (nSPS) is 46.6. The third-order valence-electron chi connectivity index (χ3n) is 8.28. The van der Waals surface area contributed by atoms with Crippen LogP contribution in [0.3, 0.4) is 0 Å². The van der Waals surface area contributed by atoms with E-state index in [0.29, 0.717) is 0 Å². The number of hydrogen-bond donors (Lipinski definition) is 9. The average Bonchev–Trinajstić information content (AvgIpc) is 2.90. The van der Waals surface area contributed by atoms with E-state index in [1.165, 1.54) is 0 Å². The molecule has 0 bridgehead atoms. The molecule has 16 atom stereocenters. The molecule has 3 fully saturated rings. The summed E-state index contributed by atoms with van der Waals surface area (Å²) in [6.45, 7) is 7.32. The molecule has 3 saturated heterocycles. The number of aliphatic hydroxyl groups is 9. The van der Waals surface area contributed by atoms with Crippen LogP contribution in [0.5, 0.6) is 0 Å². The van der Waals surface area contributed by atoms with E-state index in [9.17, 15) is 46.0 Å². The average molecular weight is 585 g/mol. The second kappa shape index (κ2) is 13.8. The van der Waals surface area contributed by atoms with Crippen molar-refractivity contribution in [3.8, 4) is 0 Å². The van der Waals surface area contributed by atoms with Crippen LogP contribution in [0.25, 0.3) is 0 Å². The Hall–Kier alpha value is -0.560. The first-order chi connectivity index (χ1) is 18.7. The highest BCUT2D eigenvalue weighted by molar-refractivity contribution is 4.98. The van der Waals surface area contributed by atoms with Crippen LogP contribution < -0.4 is 0 Å². The van der Waals surface area contributed by atoms with Gasteiger partial charge in [-0.05, 0) is 5.41 Å². The smallest absolute Gasteiger partial charge is 0.187 e. The molecule has 3 rings (SSSR count). The maximum absolute atomic E-state index is 11.2. The Bertz CT molecular complexity index is 781. The summed E-state index contributed by atoms with van der Waals surface area (Å²) in [6.07, 6.45) is -17.8. The van der Waals surface area contributed by atoms with Crippen LogP contribution in [0.1, 0.15) is 41.0 Å². The highest BCUT2D eigenvalue weighted by Crippen LogP contribution is 2.40. The van der Waals surface area contributed by atoms with Crippen molar-refractivity contribution >= 4 is 0 Å². The van der Waals surface area contributed by atoms with Crippen molar-refractivity contribution in [2.45, 2.75) is 127 Å². The number of aliphatic hydroxyl groups excluding tert-OH is 9. The monoisotopic (exact) mass is 584 g/mol. The summed E-state index contributed by atoms with van der Waals surface area (Å²) < 4.78 is 29.3. The summed E-state index contributed by atoms with van der Waals surface area (Å²) in [5.41, 5.74) is -0.392. The highest BCUT2D eigenvalue weighted by atomic mass is 16.7. The second-order valence-corrected chi connectivity index (χ2v) is 12.3. The molecule has 0 aromatic heterocycles. The number of ether oxygens (including phenoxy) is 5. The van der Waals surface area contributed by atoms with Crippen molar-refractivity contribution in [2.24, 2.45) is 17.3 Å². The molecule has 3 aliphatic rings. The largest absolute Gasteiger partial charge is 0.394 e. The summed E-state index contributed by atoms with van der Waals surface area (Å²) >= 11 is 0. The summed E-state index contributed by atoms with van der Waals surface area (Å²) in [7, 11) is 0. The van der Waals surface area contributed by atoms with Crippen LogP contribution in [-0.4, -0.2) is 152 Å². The van der Waals surface area contributed by atoms with Crippen LogP contribution in [0.2, 0.25) is 0 Å². The molecule has 0 amide bonds. The summed E-state index contributed by atoms with van der Waals surface area (Å²) in [4.78, 5) is 0. The van der Waals surface area contributed by atoms with Gasteiger partial charge in [-0.25, -0.2) is 0 Å². The molecule has 0 saturated carbocycles. The van der Waals surface area contributed by atoms with Gasteiger partial charge in [0.25, 0.3) is 0 Å². The van der Waals surface area contributed by atoms with Crippen molar-refractivity contribution in [1.82, 2.24) is 0 Å². The second-order valence-electron chi connectivity index (χ2n) is 12.3. The Morgan fingerprint density at radius 1 is 0.775 bits per heavy atom. The summed E-state index contributed by atoms with van der Waals surface area (Å²) in [5, 5.41) is 92.7. The highest BCUT2D eigenvalue weighted by Gasteiger charge is 2.53. The van der Waals surface area contributed by atoms with Gasteiger partial charge in [-0.3, -0.25) is 0 Å². The molecule has 9 N–H and O–H groups in total. The van der Waals surface area contributed by atoms with Gasteiger partial charge in [-0.2, -0.15) is 0 Å². The third kappa shape index (κ3) is 7.14. The molecule has 0 spiro atoms. The SMILES string of the molecule is CC1[C@@H](O[C@@H]2OC(CO)[C@H](O)[C@H](O[C@@H]3C[C@@H](O)[C@@H](C)C([C@H](O)[C@H](O)CO)O3)C2O)[C@@H](O)C(CO)O[C@H]1C(C)(C)C. The van der Waals surface area contributed by atoms with Gasteiger partial charge in [-0.15, -0.1) is 0 Å². The third-order valence-corrected chi connectivity index (χ3v) is 8.28. The van der Waals surface area contributed by atoms with Gasteiger partial charge in [0.05, 0.1) is 44.2 Å². The minimum atomic E-state index is -1.66. The summed E-state index contributed by atoms with van der Waals surface area (Å²) in [5.74, 6) is -1.07. The molecule has 3 aliphatic heterocycles. The molecule has 3 heterocycles. The Kier molecular flexibility index (Phi) is 11.7. The first-order valence-electron chi connectivity index (χ1n) is 13.8. The van der Waals surface area contributed by atoms with Crippen LogP contribution >= 0.6 is 0 Å². The van der Waals surface area contributed by atoms with Crippen molar-refractivity contribution in [1.29, 1.82) is 0 Å². The molecule has 14 nitrogen and oxygen atoms in total. The lowest BCUT2D eigenvalue weighted by Gasteiger charge is -2.50. The van der Waals surface area contributed by atoms with Crippen LogP contribution in [0.4, 0.5) is 0 Å². The van der Waals surface area contributed by atoms with E-state index in [0.717, 1.165) is 0 Å². The van der Waals surface area contributed by atoms with E-state index < -0.39 is 123 Å². The van der Waals surface area contributed by atoms with Gasteiger partial charge < -0.3 is 69.6 Å². The number of hydrogen-bond acceptors (Lipinski definition) is 14. The van der Waals surface area contributed by atoms with Gasteiger partial charge >= 0.3 is 0 Å². The Labute approximate surface area is 234 Å². The minimum absolute atomic E-state index is 0.104. The van der Waals surface area contributed by atoms with Crippen molar-refractivity contribution < 1.29 is 69.6 Å². The molecule has 14 heteroatoms. The van der Waals surface area contributed by atoms with E-state index in [1.807, 2.05) is 20.8 Å². The van der Waals surface area contributed by atoms with Crippen molar-refractivity contribution in [3.63, 3.8) is 0 Å². The fourth-order valence-corrected chi connectivity index (χ4v) is 5.88. The first-order valence-corrected chi connectivity index (χ1v) is 13.8. The quantitative estimate of drug-likeness (QED) is 0.130. The molecular formula is C26H48O14. The molecule has 0 radical (unpaired) electrons. The van der Waals surface area contributed by atoms with Gasteiger partial charge in [0.2, 0.25) is 0 Å². The Morgan fingerprint density at radius 2 is 1.35 bits per heavy atom. The fourth-order valence-electron chi connectivity index (χ4n) is 5.88. The molecule has 40 heavy (non-hydrogen) atoms. The van der Waals surface area contributed by atoms with E-state index in [4.69, 9.17) is 23.7 Å². The van der Waals surface area contributed by atoms with Gasteiger partial charge in [-0.1, -0.05) is 34.6 Å².